The lowest BCUT2D eigenvalue weighted by atomic mass is 9.93. The lowest BCUT2D eigenvalue weighted by molar-refractivity contribution is -0.138. The molecule has 1 aromatic rings. The van der Waals surface area contributed by atoms with E-state index < -0.39 is 11.5 Å². The Bertz CT molecular complexity index is 520. The molecule has 2 amide bonds. The number of nitrogens with one attached hydrogen (secondary N) is 1. The highest BCUT2D eigenvalue weighted by atomic mass is 16.4. The van der Waals surface area contributed by atoms with Crippen molar-refractivity contribution < 1.29 is 14.7 Å². The van der Waals surface area contributed by atoms with Gasteiger partial charge < -0.3 is 15.3 Å². The zero-order valence-electron chi connectivity index (χ0n) is 12.5. The maximum Gasteiger partial charge on any atom is 0.317 e. The fourth-order valence-corrected chi connectivity index (χ4v) is 2.91. The Kier molecular flexibility index (Phi) is 4.50. The molecular formula is C14H22N4O3. The van der Waals surface area contributed by atoms with Crippen LogP contribution in [-0.4, -0.2) is 44.4 Å². The summed E-state index contributed by atoms with van der Waals surface area (Å²) in [6.07, 6.45) is 6.93. The largest absolute Gasteiger partial charge is 0.481 e. The predicted octanol–water partition coefficient (Wildman–Crippen LogP) is 1.35. The van der Waals surface area contributed by atoms with Gasteiger partial charge in [0, 0.05) is 25.9 Å². The van der Waals surface area contributed by atoms with Crippen molar-refractivity contribution in [1.29, 1.82) is 0 Å². The number of rotatable bonds is 5. The number of amides is 2. The SMILES string of the molecule is CN(Cc1cnn(C)c1)C(=O)NC1(CC(=O)O)CCCC1. The molecule has 1 fully saturated rings. The smallest absolute Gasteiger partial charge is 0.317 e. The molecule has 116 valence electrons. The van der Waals surface area contributed by atoms with Crippen molar-refractivity contribution in [3.8, 4) is 0 Å². The molecule has 1 aliphatic carbocycles. The molecule has 7 heteroatoms. The maximum absolute atomic E-state index is 12.3. The van der Waals surface area contributed by atoms with Crippen molar-refractivity contribution in [2.45, 2.75) is 44.2 Å². The number of aryl methyl sites for hydroxylation is 1. The summed E-state index contributed by atoms with van der Waals surface area (Å²) < 4.78 is 1.68. The number of carbonyl (C=O) groups excluding carboxylic acids is 1. The summed E-state index contributed by atoms with van der Waals surface area (Å²) in [5.74, 6) is -0.868. The monoisotopic (exact) mass is 294 g/mol. The van der Waals surface area contributed by atoms with Gasteiger partial charge in [0.05, 0.1) is 24.7 Å². The number of urea groups is 1. The van der Waals surface area contributed by atoms with Crippen LogP contribution < -0.4 is 5.32 Å². The standard InChI is InChI=1S/C14H22N4O3/c1-17(9-11-8-15-18(2)10-11)13(21)16-14(7-12(19)20)5-3-4-6-14/h8,10H,3-7,9H2,1-2H3,(H,16,21)(H,19,20). The molecular weight excluding hydrogens is 272 g/mol. The minimum absolute atomic E-state index is 0.0144. The van der Waals surface area contributed by atoms with Gasteiger partial charge in [-0.2, -0.15) is 5.10 Å². The van der Waals surface area contributed by atoms with Crippen LogP contribution in [0.15, 0.2) is 12.4 Å². The molecule has 0 radical (unpaired) electrons. The number of hydrogen-bond acceptors (Lipinski definition) is 3. The van der Waals surface area contributed by atoms with Gasteiger partial charge in [0.2, 0.25) is 0 Å². The van der Waals surface area contributed by atoms with Crippen molar-refractivity contribution in [2.75, 3.05) is 7.05 Å². The molecule has 21 heavy (non-hydrogen) atoms. The van der Waals surface area contributed by atoms with Crippen LogP contribution >= 0.6 is 0 Å². The van der Waals surface area contributed by atoms with Crippen LogP contribution in [-0.2, 0) is 18.4 Å². The predicted molar refractivity (Wildman–Crippen MR) is 76.7 cm³/mol. The maximum atomic E-state index is 12.3. The molecule has 1 saturated carbocycles. The number of carboxylic acid groups (broad SMARTS) is 1. The van der Waals surface area contributed by atoms with Gasteiger partial charge in [0.25, 0.3) is 0 Å². The van der Waals surface area contributed by atoms with E-state index >= 15 is 0 Å². The molecule has 0 unspecified atom stereocenters. The van der Waals surface area contributed by atoms with Crippen molar-refractivity contribution in [3.63, 3.8) is 0 Å². The summed E-state index contributed by atoms with van der Waals surface area (Å²) >= 11 is 0. The molecule has 0 saturated heterocycles. The summed E-state index contributed by atoms with van der Waals surface area (Å²) in [7, 11) is 3.52. The fraction of sp³-hybridized carbons (Fsp3) is 0.643. The van der Waals surface area contributed by atoms with Crippen molar-refractivity contribution in [3.05, 3.63) is 18.0 Å². The van der Waals surface area contributed by atoms with Crippen LogP contribution in [0.3, 0.4) is 0 Å². The summed E-state index contributed by atoms with van der Waals surface area (Å²) in [5, 5.41) is 16.0. The van der Waals surface area contributed by atoms with Gasteiger partial charge in [-0.05, 0) is 12.8 Å². The van der Waals surface area contributed by atoms with Crippen LogP contribution in [0.25, 0.3) is 0 Å². The summed E-state index contributed by atoms with van der Waals surface area (Å²) in [5.41, 5.74) is 0.348. The quantitative estimate of drug-likeness (QED) is 0.858. The first-order valence-electron chi connectivity index (χ1n) is 7.13. The Morgan fingerprint density at radius 3 is 2.67 bits per heavy atom. The first-order valence-corrected chi connectivity index (χ1v) is 7.13. The van der Waals surface area contributed by atoms with Crippen LogP contribution in [0.5, 0.6) is 0 Å². The second-order valence-electron chi connectivity index (χ2n) is 5.87. The van der Waals surface area contributed by atoms with E-state index in [9.17, 15) is 9.59 Å². The Morgan fingerprint density at radius 2 is 2.14 bits per heavy atom. The second kappa shape index (κ2) is 6.15. The van der Waals surface area contributed by atoms with Crippen molar-refractivity contribution >= 4 is 12.0 Å². The fourth-order valence-electron chi connectivity index (χ4n) is 2.91. The molecule has 1 aliphatic rings. The molecule has 1 heterocycles. The Hall–Kier alpha value is -2.05. The van der Waals surface area contributed by atoms with E-state index in [2.05, 4.69) is 10.4 Å². The molecule has 0 spiro atoms. The number of carboxylic acids is 1. The first kappa shape index (κ1) is 15.3. The Balaban J connectivity index is 1.96. The molecule has 1 aromatic heterocycles. The zero-order chi connectivity index (χ0) is 15.5. The van der Waals surface area contributed by atoms with E-state index in [-0.39, 0.29) is 12.5 Å². The van der Waals surface area contributed by atoms with E-state index in [0.717, 1.165) is 31.2 Å². The van der Waals surface area contributed by atoms with Gasteiger partial charge in [-0.25, -0.2) is 4.79 Å². The topological polar surface area (TPSA) is 87.5 Å². The average molecular weight is 294 g/mol. The zero-order valence-corrected chi connectivity index (χ0v) is 12.5. The van der Waals surface area contributed by atoms with Gasteiger partial charge >= 0.3 is 12.0 Å². The summed E-state index contributed by atoms with van der Waals surface area (Å²) in [4.78, 5) is 24.9. The first-order chi connectivity index (χ1) is 9.90. The molecule has 0 bridgehead atoms. The van der Waals surface area contributed by atoms with Crippen molar-refractivity contribution in [1.82, 2.24) is 20.0 Å². The van der Waals surface area contributed by atoms with E-state index in [0.29, 0.717) is 6.54 Å². The normalized spacial score (nSPS) is 16.7. The minimum atomic E-state index is -0.868. The third-order valence-electron chi connectivity index (χ3n) is 3.95. The molecule has 2 N–H and O–H groups in total. The van der Waals surface area contributed by atoms with Crippen LogP contribution in [0.2, 0.25) is 0 Å². The van der Waals surface area contributed by atoms with E-state index in [1.54, 1.807) is 22.8 Å². The third-order valence-corrected chi connectivity index (χ3v) is 3.95. The minimum Gasteiger partial charge on any atom is -0.481 e. The number of nitrogens with zero attached hydrogens (tertiary/aromatic N) is 3. The number of carbonyl (C=O) groups is 2. The summed E-state index contributed by atoms with van der Waals surface area (Å²) in [6, 6.07) is -0.234. The third kappa shape index (κ3) is 3.96. The van der Waals surface area contributed by atoms with Gasteiger partial charge in [0.15, 0.2) is 0 Å². The lowest BCUT2D eigenvalue weighted by Gasteiger charge is -2.31. The summed E-state index contributed by atoms with van der Waals surface area (Å²) in [6.45, 7) is 0.447. The molecule has 0 atom stereocenters. The van der Waals surface area contributed by atoms with E-state index in [1.807, 2.05) is 13.2 Å². The van der Waals surface area contributed by atoms with Crippen molar-refractivity contribution in [2.24, 2.45) is 7.05 Å². The highest BCUT2D eigenvalue weighted by Gasteiger charge is 2.38. The number of aliphatic carboxylic acids is 1. The lowest BCUT2D eigenvalue weighted by Crippen LogP contribution is -2.51. The molecule has 2 rings (SSSR count). The number of aromatic nitrogens is 2. The van der Waals surface area contributed by atoms with Gasteiger partial charge in [-0.3, -0.25) is 9.48 Å². The van der Waals surface area contributed by atoms with Crippen LogP contribution in [0, 0.1) is 0 Å². The van der Waals surface area contributed by atoms with E-state index in [4.69, 9.17) is 5.11 Å². The second-order valence-corrected chi connectivity index (χ2v) is 5.87. The number of hydrogen-bond donors (Lipinski definition) is 2. The van der Waals surface area contributed by atoms with Crippen LogP contribution in [0.1, 0.15) is 37.7 Å². The van der Waals surface area contributed by atoms with Gasteiger partial charge in [-0.1, -0.05) is 12.8 Å². The van der Waals surface area contributed by atoms with E-state index in [1.165, 1.54) is 0 Å². The highest BCUT2D eigenvalue weighted by molar-refractivity contribution is 5.76. The van der Waals surface area contributed by atoms with Crippen LogP contribution in [0.4, 0.5) is 4.79 Å². The molecule has 7 nitrogen and oxygen atoms in total. The molecule has 0 aliphatic heterocycles. The van der Waals surface area contributed by atoms with Gasteiger partial charge in [0.1, 0.15) is 0 Å². The highest BCUT2D eigenvalue weighted by Crippen LogP contribution is 2.32. The Labute approximate surface area is 123 Å². The Morgan fingerprint density at radius 1 is 1.48 bits per heavy atom. The molecule has 0 aromatic carbocycles. The van der Waals surface area contributed by atoms with Gasteiger partial charge in [-0.15, -0.1) is 0 Å². The average Bonchev–Trinajstić information content (AvgIpc) is 2.98.